The van der Waals surface area contributed by atoms with Crippen molar-refractivity contribution in [3.8, 4) is 0 Å². The van der Waals surface area contributed by atoms with Crippen LogP contribution in [-0.2, 0) is 14.3 Å². The van der Waals surface area contributed by atoms with E-state index < -0.39 is 41.9 Å². The molecule has 0 spiro atoms. The molecule has 30 heavy (non-hydrogen) atoms. The first-order valence-electron chi connectivity index (χ1n) is 9.28. The lowest BCUT2D eigenvalue weighted by Gasteiger charge is -2.38. The molecule has 1 aliphatic rings. The lowest BCUT2D eigenvalue weighted by atomic mass is 9.91. The minimum atomic E-state index is -2.87. The molecule has 2 N–H and O–H groups in total. The van der Waals surface area contributed by atoms with Crippen molar-refractivity contribution in [1.82, 2.24) is 9.80 Å². The van der Waals surface area contributed by atoms with E-state index >= 15 is 0 Å². The Labute approximate surface area is 173 Å². The fourth-order valence-electron chi connectivity index (χ4n) is 3.46. The number of rotatable bonds is 12. The Kier molecular flexibility index (Phi) is 7.25. The lowest BCUT2D eigenvalue weighted by Crippen LogP contribution is -2.65. The zero-order valence-corrected chi connectivity index (χ0v) is 16.6. The van der Waals surface area contributed by atoms with E-state index in [9.17, 15) is 29.4 Å². The smallest absolute Gasteiger partial charge is 0.342 e. The van der Waals surface area contributed by atoms with Gasteiger partial charge in [0, 0.05) is 26.1 Å². The standard InChI is InChI=1S/C21H24N2O7/c1-4-11-22(12-5-2)16(30-6-3)13-21(19(26)27,20(28)29)23-17(24)14-9-7-8-10-15(14)18(23)25/h4-5,7-10,16H,1-2,6,11-13H2,3H3,(H,26,27)(H,28,29). The Morgan fingerprint density at radius 2 is 1.57 bits per heavy atom. The normalized spacial score (nSPS) is 14.5. The Balaban J connectivity index is 2.59. The van der Waals surface area contributed by atoms with Gasteiger partial charge in [0.25, 0.3) is 11.8 Å². The molecule has 0 saturated heterocycles. The largest absolute Gasteiger partial charge is 0.479 e. The van der Waals surface area contributed by atoms with E-state index in [1.165, 1.54) is 24.3 Å². The molecule has 1 aromatic carbocycles. The van der Waals surface area contributed by atoms with Gasteiger partial charge >= 0.3 is 11.9 Å². The molecule has 0 saturated carbocycles. The summed E-state index contributed by atoms with van der Waals surface area (Å²) in [6.07, 6.45) is 1.36. The third-order valence-electron chi connectivity index (χ3n) is 4.85. The monoisotopic (exact) mass is 416 g/mol. The first-order valence-corrected chi connectivity index (χ1v) is 9.28. The summed E-state index contributed by atoms with van der Waals surface area (Å²) in [6, 6.07) is 5.73. The molecule has 2 amide bonds. The van der Waals surface area contributed by atoms with Crippen molar-refractivity contribution in [2.75, 3.05) is 19.7 Å². The Morgan fingerprint density at radius 1 is 1.10 bits per heavy atom. The molecule has 1 aromatic rings. The van der Waals surface area contributed by atoms with Gasteiger partial charge in [-0.2, -0.15) is 0 Å². The summed E-state index contributed by atoms with van der Waals surface area (Å²) in [5.74, 6) is -5.64. The molecule has 0 radical (unpaired) electrons. The van der Waals surface area contributed by atoms with Crippen LogP contribution in [0.2, 0.25) is 0 Å². The number of hydrogen-bond acceptors (Lipinski definition) is 6. The van der Waals surface area contributed by atoms with Crippen LogP contribution < -0.4 is 0 Å². The van der Waals surface area contributed by atoms with Gasteiger partial charge in [0.15, 0.2) is 0 Å². The van der Waals surface area contributed by atoms with Crippen LogP contribution in [-0.4, -0.2) is 75.2 Å². The van der Waals surface area contributed by atoms with E-state index in [0.717, 1.165) is 0 Å². The summed E-state index contributed by atoms with van der Waals surface area (Å²) in [5.41, 5.74) is -2.96. The summed E-state index contributed by atoms with van der Waals surface area (Å²) in [4.78, 5) is 52.4. The number of fused-ring (bicyclic) bond motifs is 1. The maximum absolute atomic E-state index is 12.9. The van der Waals surface area contributed by atoms with E-state index in [4.69, 9.17) is 4.74 Å². The third kappa shape index (κ3) is 3.89. The van der Waals surface area contributed by atoms with Gasteiger partial charge in [-0.15, -0.1) is 13.2 Å². The van der Waals surface area contributed by atoms with Gasteiger partial charge < -0.3 is 14.9 Å². The maximum atomic E-state index is 12.9. The second kappa shape index (κ2) is 9.47. The Morgan fingerprint density at radius 3 is 1.93 bits per heavy atom. The topological polar surface area (TPSA) is 124 Å². The van der Waals surface area contributed by atoms with Gasteiger partial charge in [-0.05, 0) is 19.1 Å². The second-order valence-electron chi connectivity index (χ2n) is 6.61. The number of carboxylic acids is 2. The van der Waals surface area contributed by atoms with Gasteiger partial charge in [0.05, 0.1) is 11.1 Å². The zero-order valence-electron chi connectivity index (χ0n) is 16.6. The van der Waals surface area contributed by atoms with Crippen molar-refractivity contribution in [3.63, 3.8) is 0 Å². The van der Waals surface area contributed by atoms with Gasteiger partial charge in [-0.3, -0.25) is 14.5 Å². The molecule has 9 heteroatoms. The predicted molar refractivity (Wildman–Crippen MR) is 107 cm³/mol. The molecule has 0 aromatic heterocycles. The average molecular weight is 416 g/mol. The molecule has 0 aliphatic carbocycles. The van der Waals surface area contributed by atoms with Crippen LogP contribution in [0.3, 0.4) is 0 Å². The van der Waals surface area contributed by atoms with Gasteiger partial charge in [-0.1, -0.05) is 24.3 Å². The molecule has 1 heterocycles. The molecule has 0 bridgehead atoms. The van der Waals surface area contributed by atoms with Crippen LogP contribution in [0.4, 0.5) is 0 Å². The van der Waals surface area contributed by atoms with Crippen LogP contribution in [0.15, 0.2) is 49.6 Å². The van der Waals surface area contributed by atoms with Crippen LogP contribution in [0, 0.1) is 0 Å². The average Bonchev–Trinajstić information content (AvgIpc) is 2.96. The predicted octanol–water partition coefficient (Wildman–Crippen LogP) is 1.62. The van der Waals surface area contributed by atoms with Crippen LogP contribution in [0.1, 0.15) is 34.1 Å². The molecule has 9 nitrogen and oxygen atoms in total. The lowest BCUT2D eigenvalue weighted by molar-refractivity contribution is -0.170. The highest BCUT2D eigenvalue weighted by molar-refractivity contribution is 6.26. The third-order valence-corrected chi connectivity index (χ3v) is 4.85. The Hall–Kier alpha value is -3.30. The number of hydrogen-bond donors (Lipinski definition) is 2. The number of aliphatic carboxylic acids is 2. The molecule has 2 rings (SSSR count). The second-order valence-corrected chi connectivity index (χ2v) is 6.61. The van der Waals surface area contributed by atoms with Crippen LogP contribution in [0.5, 0.6) is 0 Å². The molecule has 1 atom stereocenters. The van der Waals surface area contributed by atoms with Gasteiger partial charge in [0.1, 0.15) is 6.23 Å². The summed E-state index contributed by atoms with van der Waals surface area (Å²) in [5, 5.41) is 20.0. The van der Waals surface area contributed by atoms with Gasteiger partial charge in [0.2, 0.25) is 5.54 Å². The number of nitrogens with zero attached hydrogens (tertiary/aromatic N) is 2. The van der Waals surface area contributed by atoms with E-state index in [1.54, 1.807) is 24.0 Å². The molecule has 0 fully saturated rings. The fraction of sp³-hybridized carbons (Fsp3) is 0.333. The van der Waals surface area contributed by atoms with Crippen molar-refractivity contribution in [1.29, 1.82) is 0 Å². The fourth-order valence-corrected chi connectivity index (χ4v) is 3.46. The number of ether oxygens (including phenoxy) is 1. The minimum Gasteiger partial charge on any atom is -0.479 e. The maximum Gasteiger partial charge on any atom is 0.342 e. The van der Waals surface area contributed by atoms with Crippen LogP contribution in [0.25, 0.3) is 0 Å². The van der Waals surface area contributed by atoms with E-state index in [1.807, 2.05) is 0 Å². The number of imide groups is 1. The molecular formula is C21H24N2O7. The molecule has 1 aliphatic heterocycles. The highest BCUT2D eigenvalue weighted by Crippen LogP contribution is 2.34. The highest BCUT2D eigenvalue weighted by Gasteiger charge is 2.60. The summed E-state index contributed by atoms with van der Waals surface area (Å²) < 4.78 is 5.63. The van der Waals surface area contributed by atoms with Crippen molar-refractivity contribution in [2.45, 2.75) is 25.1 Å². The first kappa shape index (κ1) is 23.0. The molecule has 160 valence electrons. The number of carbonyl (C=O) groups is 4. The van der Waals surface area contributed by atoms with E-state index in [2.05, 4.69) is 13.2 Å². The molecule has 1 unspecified atom stereocenters. The minimum absolute atomic E-state index is 0.0450. The van der Waals surface area contributed by atoms with Crippen LogP contribution >= 0.6 is 0 Å². The van der Waals surface area contributed by atoms with Crippen molar-refractivity contribution < 1.29 is 34.1 Å². The quantitative estimate of drug-likeness (QED) is 0.228. The molecular weight excluding hydrogens is 392 g/mol. The number of benzene rings is 1. The summed E-state index contributed by atoms with van der Waals surface area (Å²) in [7, 11) is 0. The zero-order chi connectivity index (χ0) is 22.5. The summed E-state index contributed by atoms with van der Waals surface area (Å²) in [6.45, 7) is 9.57. The van der Waals surface area contributed by atoms with Crippen molar-refractivity contribution in [3.05, 3.63) is 60.7 Å². The number of amides is 2. The van der Waals surface area contributed by atoms with Crippen molar-refractivity contribution >= 4 is 23.8 Å². The van der Waals surface area contributed by atoms with Crippen molar-refractivity contribution in [2.24, 2.45) is 0 Å². The SMILES string of the molecule is C=CCN(CC=C)C(CC(C(=O)O)(C(=O)O)N1C(=O)c2ccccc2C1=O)OCC. The number of carboxylic acid groups (broad SMARTS) is 2. The van der Waals surface area contributed by atoms with Gasteiger partial charge in [-0.25, -0.2) is 14.5 Å². The Bertz CT molecular complexity index is 821. The highest BCUT2D eigenvalue weighted by atomic mass is 16.5. The van der Waals surface area contributed by atoms with E-state index in [0.29, 0.717) is 4.90 Å². The number of carbonyl (C=O) groups excluding carboxylic acids is 2. The first-order chi connectivity index (χ1) is 14.3. The van der Waals surface area contributed by atoms with E-state index in [-0.39, 0.29) is 30.8 Å². The summed E-state index contributed by atoms with van der Waals surface area (Å²) >= 11 is 0.